The van der Waals surface area contributed by atoms with Gasteiger partial charge in [-0.05, 0) is 44.4 Å². The van der Waals surface area contributed by atoms with E-state index in [2.05, 4.69) is 0 Å². The van der Waals surface area contributed by atoms with Gasteiger partial charge in [0.1, 0.15) is 11.5 Å². The molecule has 1 amide bonds. The van der Waals surface area contributed by atoms with Gasteiger partial charge in [-0.25, -0.2) is 0 Å². The lowest BCUT2D eigenvalue weighted by Gasteiger charge is -2.39. The van der Waals surface area contributed by atoms with Crippen molar-refractivity contribution in [1.82, 2.24) is 0 Å². The monoisotopic (exact) mass is 439 g/mol. The number of carbonyl (C=O) groups is 2. The molecule has 0 saturated heterocycles. The molecule has 162 valence electrons. The maximum absolute atomic E-state index is 13.5. The number of nitrogens with zero attached hydrogens (tertiary/aromatic N) is 1. The number of anilines is 1. The number of ether oxygens (including phenoxy) is 2. The Morgan fingerprint density at radius 2 is 1.90 bits per heavy atom. The Morgan fingerprint density at radius 1 is 1.13 bits per heavy atom. The number of ketones is 1. The summed E-state index contributed by atoms with van der Waals surface area (Å²) >= 11 is 6.29. The number of Topliss-reactive ketones (excluding diaryl/α,β-unsaturated/α-hetero) is 1. The van der Waals surface area contributed by atoms with Crippen LogP contribution >= 0.6 is 11.6 Å². The van der Waals surface area contributed by atoms with Crippen LogP contribution in [0.15, 0.2) is 47.7 Å². The zero-order chi connectivity index (χ0) is 22.1. The molecule has 0 saturated carbocycles. The van der Waals surface area contributed by atoms with E-state index in [1.165, 1.54) is 0 Å². The molecule has 0 radical (unpaired) electrons. The fourth-order valence-corrected chi connectivity index (χ4v) is 4.73. The van der Waals surface area contributed by atoms with Crippen molar-refractivity contribution in [2.45, 2.75) is 45.4 Å². The fraction of sp³-hybridized carbons (Fsp3) is 0.360. The topological polar surface area (TPSA) is 55.8 Å². The molecule has 1 aliphatic heterocycles. The zero-order valence-corrected chi connectivity index (χ0v) is 18.8. The van der Waals surface area contributed by atoms with Gasteiger partial charge in [-0.2, -0.15) is 0 Å². The average Bonchev–Trinajstić information content (AvgIpc) is 2.76. The van der Waals surface area contributed by atoms with E-state index in [1.54, 1.807) is 18.1 Å². The standard InChI is InChI=1S/C25H26ClNO4/c1-4-31-22-11-6-5-8-16(22)17-13-24(29)27(19-9-7-10-21(28)25(17)19)20-12-15(2)18(26)14-23(20)30-3/h5-6,8,11-12,14,17H,4,7,9-10,13H2,1-3H3. The van der Waals surface area contributed by atoms with Gasteiger partial charge in [-0.15, -0.1) is 0 Å². The van der Waals surface area contributed by atoms with Crippen LogP contribution in [0.5, 0.6) is 11.5 Å². The van der Waals surface area contributed by atoms with Crippen molar-refractivity contribution in [1.29, 1.82) is 0 Å². The molecule has 4 rings (SSSR count). The van der Waals surface area contributed by atoms with E-state index in [1.807, 2.05) is 44.2 Å². The number of carbonyl (C=O) groups excluding carboxylic acids is 2. The summed E-state index contributed by atoms with van der Waals surface area (Å²) < 4.78 is 11.4. The second-order valence-electron chi connectivity index (χ2n) is 7.87. The van der Waals surface area contributed by atoms with Gasteiger partial charge >= 0.3 is 0 Å². The number of aryl methyl sites for hydroxylation is 1. The Bertz CT molecular complexity index is 1080. The van der Waals surface area contributed by atoms with Crippen LogP contribution < -0.4 is 14.4 Å². The number of amides is 1. The van der Waals surface area contributed by atoms with E-state index in [4.69, 9.17) is 21.1 Å². The molecule has 6 heteroatoms. The first-order chi connectivity index (χ1) is 15.0. The SMILES string of the molecule is CCOc1ccccc1C1CC(=O)N(c2cc(C)c(Cl)cc2OC)C2=C1C(=O)CCC2. The van der Waals surface area contributed by atoms with E-state index in [-0.39, 0.29) is 24.0 Å². The highest BCUT2D eigenvalue weighted by Crippen LogP contribution is 2.47. The molecular weight excluding hydrogens is 414 g/mol. The van der Waals surface area contributed by atoms with Crippen LogP contribution in [0.2, 0.25) is 5.02 Å². The Hall–Kier alpha value is -2.79. The van der Waals surface area contributed by atoms with Gasteiger partial charge in [-0.3, -0.25) is 14.5 Å². The van der Waals surface area contributed by atoms with Gasteiger partial charge in [0, 0.05) is 46.7 Å². The Balaban J connectivity index is 1.90. The molecule has 1 atom stereocenters. The molecule has 1 aliphatic carbocycles. The summed E-state index contributed by atoms with van der Waals surface area (Å²) in [6, 6.07) is 11.3. The zero-order valence-electron chi connectivity index (χ0n) is 18.0. The summed E-state index contributed by atoms with van der Waals surface area (Å²) in [6.45, 7) is 4.34. The van der Waals surface area contributed by atoms with Crippen LogP contribution in [0.25, 0.3) is 0 Å². The number of hydrogen-bond acceptors (Lipinski definition) is 4. The highest BCUT2D eigenvalue weighted by atomic mass is 35.5. The summed E-state index contributed by atoms with van der Waals surface area (Å²) in [7, 11) is 1.56. The van der Waals surface area contributed by atoms with Crippen LogP contribution in [0.1, 0.15) is 49.7 Å². The maximum Gasteiger partial charge on any atom is 0.232 e. The normalized spacial score (nSPS) is 18.8. The molecule has 5 nitrogen and oxygen atoms in total. The van der Waals surface area contributed by atoms with Crippen molar-refractivity contribution in [2.24, 2.45) is 0 Å². The summed E-state index contributed by atoms with van der Waals surface area (Å²) in [6.07, 6.45) is 2.06. The summed E-state index contributed by atoms with van der Waals surface area (Å²) in [4.78, 5) is 28.4. The Kier molecular flexibility index (Phi) is 6.05. The molecule has 2 aromatic carbocycles. The molecule has 0 N–H and O–H groups in total. The molecule has 0 spiro atoms. The maximum atomic E-state index is 13.5. The first-order valence-corrected chi connectivity index (χ1v) is 11.0. The lowest BCUT2D eigenvalue weighted by atomic mass is 9.76. The Labute approximate surface area is 187 Å². The molecular formula is C25H26ClNO4. The van der Waals surface area contributed by atoms with Gasteiger partial charge in [0.15, 0.2) is 5.78 Å². The first-order valence-electron chi connectivity index (χ1n) is 10.6. The predicted octanol–water partition coefficient (Wildman–Crippen LogP) is 5.58. The number of para-hydroxylation sites is 1. The highest BCUT2D eigenvalue weighted by molar-refractivity contribution is 6.31. The van der Waals surface area contributed by atoms with Crippen LogP contribution in [-0.4, -0.2) is 25.4 Å². The summed E-state index contributed by atoms with van der Waals surface area (Å²) in [5.41, 5.74) is 3.85. The molecule has 0 aromatic heterocycles. The molecule has 2 aliphatic rings. The number of allylic oxidation sites excluding steroid dienone is 2. The highest BCUT2D eigenvalue weighted by Gasteiger charge is 2.41. The first kappa shape index (κ1) is 21.4. The van der Waals surface area contributed by atoms with Crippen LogP contribution in [0.4, 0.5) is 5.69 Å². The lowest BCUT2D eigenvalue weighted by Crippen LogP contribution is -2.40. The number of methoxy groups -OCH3 is 1. The van der Waals surface area contributed by atoms with Crippen molar-refractivity contribution >= 4 is 29.0 Å². The molecule has 0 bridgehead atoms. The summed E-state index contributed by atoms with van der Waals surface area (Å²) in [5.74, 6) is 0.960. The van der Waals surface area contributed by atoms with Crippen molar-refractivity contribution < 1.29 is 19.1 Å². The van der Waals surface area contributed by atoms with Crippen LogP contribution in [0, 0.1) is 6.92 Å². The van der Waals surface area contributed by atoms with Crippen LogP contribution in [0.3, 0.4) is 0 Å². The minimum absolute atomic E-state index is 0.0650. The van der Waals surface area contributed by atoms with Crippen molar-refractivity contribution in [3.05, 3.63) is 63.8 Å². The smallest absolute Gasteiger partial charge is 0.232 e. The fourth-order valence-electron chi connectivity index (χ4n) is 4.58. The Morgan fingerprint density at radius 3 is 2.65 bits per heavy atom. The van der Waals surface area contributed by atoms with Crippen molar-refractivity contribution in [3.63, 3.8) is 0 Å². The third kappa shape index (κ3) is 3.83. The average molecular weight is 440 g/mol. The second kappa shape index (κ2) is 8.75. The molecule has 2 aromatic rings. The number of halogens is 1. The van der Waals surface area contributed by atoms with E-state index in [0.717, 1.165) is 29.0 Å². The molecule has 1 heterocycles. The number of rotatable bonds is 5. The van der Waals surface area contributed by atoms with E-state index < -0.39 is 0 Å². The van der Waals surface area contributed by atoms with Gasteiger partial charge in [0.25, 0.3) is 0 Å². The third-order valence-electron chi connectivity index (χ3n) is 5.97. The van der Waals surface area contributed by atoms with E-state index in [0.29, 0.717) is 41.5 Å². The lowest BCUT2D eigenvalue weighted by molar-refractivity contribution is -0.120. The molecule has 0 fully saturated rings. The third-order valence-corrected chi connectivity index (χ3v) is 6.38. The van der Waals surface area contributed by atoms with Gasteiger partial charge < -0.3 is 9.47 Å². The van der Waals surface area contributed by atoms with Crippen LogP contribution in [-0.2, 0) is 9.59 Å². The van der Waals surface area contributed by atoms with Gasteiger partial charge in [-0.1, -0.05) is 29.8 Å². The summed E-state index contributed by atoms with van der Waals surface area (Å²) in [5, 5.41) is 0.572. The van der Waals surface area contributed by atoms with Crippen molar-refractivity contribution in [3.8, 4) is 11.5 Å². The number of hydrogen-bond donors (Lipinski definition) is 0. The van der Waals surface area contributed by atoms with Gasteiger partial charge in [0.05, 0.1) is 19.4 Å². The van der Waals surface area contributed by atoms with Gasteiger partial charge in [0.2, 0.25) is 5.91 Å². The quantitative estimate of drug-likeness (QED) is 0.610. The molecule has 31 heavy (non-hydrogen) atoms. The minimum Gasteiger partial charge on any atom is -0.495 e. The van der Waals surface area contributed by atoms with Crippen molar-refractivity contribution in [2.75, 3.05) is 18.6 Å². The van der Waals surface area contributed by atoms with E-state index in [9.17, 15) is 9.59 Å². The van der Waals surface area contributed by atoms with E-state index >= 15 is 0 Å². The second-order valence-corrected chi connectivity index (χ2v) is 8.27. The largest absolute Gasteiger partial charge is 0.495 e. The minimum atomic E-state index is -0.311. The molecule has 1 unspecified atom stereocenters. The number of benzene rings is 2. The predicted molar refractivity (Wildman–Crippen MR) is 121 cm³/mol.